The van der Waals surface area contributed by atoms with Crippen LogP contribution in [-0.4, -0.2) is 43.7 Å². The summed E-state index contributed by atoms with van der Waals surface area (Å²) < 4.78 is 5.12. The molecule has 0 aliphatic carbocycles. The number of nitrogens with one attached hydrogen (secondary N) is 1. The maximum absolute atomic E-state index is 12.0. The van der Waals surface area contributed by atoms with Crippen molar-refractivity contribution in [2.75, 3.05) is 32.1 Å². The van der Waals surface area contributed by atoms with E-state index in [1.807, 2.05) is 31.2 Å². The molecule has 1 aromatic rings. The molecule has 0 radical (unpaired) electrons. The van der Waals surface area contributed by atoms with Gasteiger partial charge < -0.3 is 15.0 Å². The van der Waals surface area contributed by atoms with Crippen molar-refractivity contribution < 1.29 is 9.53 Å². The second kappa shape index (κ2) is 7.46. The van der Waals surface area contributed by atoms with Crippen molar-refractivity contribution in [2.45, 2.75) is 32.7 Å². The summed E-state index contributed by atoms with van der Waals surface area (Å²) in [6.07, 6.45) is 2.40. The number of esters is 1. The number of ether oxygens (including phenoxy) is 1. The van der Waals surface area contributed by atoms with E-state index in [0.29, 0.717) is 24.1 Å². The molecule has 4 nitrogen and oxygen atoms in total. The Morgan fingerprint density at radius 2 is 2.05 bits per heavy atom. The molecule has 1 N–H and O–H groups in total. The Kier molecular flexibility index (Phi) is 5.62. The number of hydrogen-bond acceptors (Lipinski definition) is 4. The van der Waals surface area contributed by atoms with Crippen LogP contribution >= 0.6 is 0 Å². The molecule has 1 fully saturated rings. The van der Waals surface area contributed by atoms with Crippen LogP contribution in [0.3, 0.4) is 0 Å². The molecular formula is C17H26N2O2. The van der Waals surface area contributed by atoms with E-state index in [9.17, 15) is 4.79 Å². The Balaban J connectivity index is 2.03. The summed E-state index contributed by atoms with van der Waals surface area (Å²) in [7, 11) is 2.17. The summed E-state index contributed by atoms with van der Waals surface area (Å²) in [5.74, 6) is 0.396. The average Bonchev–Trinajstić information content (AvgIpc) is 2.48. The number of benzene rings is 1. The molecule has 1 aromatic carbocycles. The summed E-state index contributed by atoms with van der Waals surface area (Å²) in [6.45, 7) is 6.73. The van der Waals surface area contributed by atoms with Gasteiger partial charge in [-0.1, -0.05) is 12.1 Å². The number of rotatable bonds is 5. The van der Waals surface area contributed by atoms with E-state index >= 15 is 0 Å². The van der Waals surface area contributed by atoms with Crippen LogP contribution in [0.5, 0.6) is 0 Å². The van der Waals surface area contributed by atoms with Crippen LogP contribution in [-0.2, 0) is 4.74 Å². The monoisotopic (exact) mass is 290 g/mol. The van der Waals surface area contributed by atoms with Crippen molar-refractivity contribution in [3.8, 4) is 0 Å². The van der Waals surface area contributed by atoms with Crippen LogP contribution in [0, 0.1) is 5.92 Å². The van der Waals surface area contributed by atoms with Gasteiger partial charge in [0.25, 0.3) is 0 Å². The molecule has 116 valence electrons. The maximum Gasteiger partial charge on any atom is 0.340 e. The summed E-state index contributed by atoms with van der Waals surface area (Å²) in [4.78, 5) is 14.4. The lowest BCUT2D eigenvalue weighted by atomic mass is 9.90. The fraction of sp³-hybridized carbons (Fsp3) is 0.588. The van der Waals surface area contributed by atoms with E-state index in [-0.39, 0.29) is 5.97 Å². The molecule has 2 rings (SSSR count). The van der Waals surface area contributed by atoms with Crippen LogP contribution in [0.1, 0.15) is 37.0 Å². The van der Waals surface area contributed by atoms with Gasteiger partial charge in [-0.05, 0) is 64.9 Å². The molecule has 1 atom stereocenters. The van der Waals surface area contributed by atoms with Gasteiger partial charge in [0.15, 0.2) is 0 Å². The third kappa shape index (κ3) is 4.21. The van der Waals surface area contributed by atoms with E-state index in [4.69, 9.17) is 4.74 Å². The van der Waals surface area contributed by atoms with Crippen molar-refractivity contribution >= 4 is 11.7 Å². The standard InChI is InChI=1S/C17H26N2O2/c1-4-21-17(20)15-7-5-6-8-16(15)18-13(2)14-9-11-19(3)12-10-14/h5-8,13-14,18H,4,9-12H2,1-3H3. The van der Waals surface area contributed by atoms with Gasteiger partial charge in [-0.25, -0.2) is 4.79 Å². The zero-order valence-electron chi connectivity index (χ0n) is 13.3. The van der Waals surface area contributed by atoms with Crippen LogP contribution in [0.4, 0.5) is 5.69 Å². The van der Waals surface area contributed by atoms with E-state index in [0.717, 1.165) is 18.8 Å². The highest BCUT2D eigenvalue weighted by molar-refractivity contribution is 5.95. The second-order valence-corrected chi connectivity index (χ2v) is 5.84. The highest BCUT2D eigenvalue weighted by Gasteiger charge is 2.23. The normalized spacial score (nSPS) is 18.2. The molecule has 0 amide bonds. The highest BCUT2D eigenvalue weighted by atomic mass is 16.5. The van der Waals surface area contributed by atoms with E-state index in [1.165, 1.54) is 12.8 Å². The number of piperidine rings is 1. The number of para-hydroxylation sites is 1. The van der Waals surface area contributed by atoms with Crippen LogP contribution < -0.4 is 5.32 Å². The summed E-state index contributed by atoms with van der Waals surface area (Å²) in [5.41, 5.74) is 1.50. The largest absolute Gasteiger partial charge is 0.462 e. The zero-order valence-corrected chi connectivity index (χ0v) is 13.3. The van der Waals surface area contributed by atoms with E-state index in [1.54, 1.807) is 0 Å². The van der Waals surface area contributed by atoms with Gasteiger partial charge in [0.1, 0.15) is 0 Å². The summed E-state index contributed by atoms with van der Waals surface area (Å²) in [6, 6.07) is 7.96. The van der Waals surface area contributed by atoms with Gasteiger partial charge >= 0.3 is 5.97 Å². The number of nitrogens with zero attached hydrogens (tertiary/aromatic N) is 1. The van der Waals surface area contributed by atoms with Gasteiger partial charge in [0, 0.05) is 11.7 Å². The van der Waals surface area contributed by atoms with E-state index < -0.39 is 0 Å². The molecule has 0 spiro atoms. The lowest BCUT2D eigenvalue weighted by Crippen LogP contribution is -2.37. The van der Waals surface area contributed by atoms with Crippen molar-refractivity contribution in [2.24, 2.45) is 5.92 Å². The smallest absolute Gasteiger partial charge is 0.340 e. The first-order chi connectivity index (χ1) is 10.1. The lowest BCUT2D eigenvalue weighted by Gasteiger charge is -2.33. The Bertz CT molecular complexity index is 468. The molecule has 1 unspecified atom stereocenters. The molecule has 0 aromatic heterocycles. The van der Waals surface area contributed by atoms with Crippen molar-refractivity contribution in [1.82, 2.24) is 4.90 Å². The molecule has 1 heterocycles. The average molecular weight is 290 g/mol. The molecule has 0 saturated carbocycles. The summed E-state index contributed by atoms with van der Waals surface area (Å²) >= 11 is 0. The quantitative estimate of drug-likeness (QED) is 0.846. The highest BCUT2D eigenvalue weighted by Crippen LogP contribution is 2.24. The minimum Gasteiger partial charge on any atom is -0.462 e. The maximum atomic E-state index is 12.0. The first-order valence-corrected chi connectivity index (χ1v) is 7.83. The lowest BCUT2D eigenvalue weighted by molar-refractivity contribution is 0.0527. The molecule has 1 aliphatic heterocycles. The van der Waals surface area contributed by atoms with Gasteiger partial charge in [-0.3, -0.25) is 0 Å². The Morgan fingerprint density at radius 1 is 1.38 bits per heavy atom. The predicted octanol–water partition coefficient (Wildman–Crippen LogP) is 3.01. The number of anilines is 1. The van der Waals surface area contributed by atoms with Crippen LogP contribution in [0.25, 0.3) is 0 Å². The van der Waals surface area contributed by atoms with Gasteiger partial charge in [0.2, 0.25) is 0 Å². The van der Waals surface area contributed by atoms with Crippen molar-refractivity contribution in [1.29, 1.82) is 0 Å². The molecule has 1 saturated heterocycles. The van der Waals surface area contributed by atoms with Gasteiger partial charge in [0.05, 0.1) is 12.2 Å². The molecule has 0 bridgehead atoms. The van der Waals surface area contributed by atoms with Gasteiger partial charge in [-0.2, -0.15) is 0 Å². The minimum absolute atomic E-state index is 0.254. The van der Waals surface area contributed by atoms with Crippen LogP contribution in [0.15, 0.2) is 24.3 Å². The fourth-order valence-corrected chi connectivity index (χ4v) is 2.89. The Morgan fingerprint density at radius 3 is 2.71 bits per heavy atom. The van der Waals surface area contributed by atoms with Crippen molar-refractivity contribution in [3.05, 3.63) is 29.8 Å². The fourth-order valence-electron chi connectivity index (χ4n) is 2.89. The first-order valence-electron chi connectivity index (χ1n) is 7.83. The number of hydrogen-bond donors (Lipinski definition) is 1. The number of likely N-dealkylation sites (tertiary alicyclic amines) is 1. The molecule has 21 heavy (non-hydrogen) atoms. The first kappa shape index (κ1) is 15.8. The predicted molar refractivity (Wildman–Crippen MR) is 85.7 cm³/mol. The number of carbonyl (C=O) groups excluding carboxylic acids is 1. The summed E-state index contributed by atoms with van der Waals surface area (Å²) in [5, 5.41) is 3.51. The number of carbonyl (C=O) groups is 1. The van der Waals surface area contributed by atoms with Gasteiger partial charge in [-0.15, -0.1) is 0 Å². The van der Waals surface area contributed by atoms with Crippen LogP contribution in [0.2, 0.25) is 0 Å². The zero-order chi connectivity index (χ0) is 15.2. The Hall–Kier alpha value is -1.55. The van der Waals surface area contributed by atoms with Crippen molar-refractivity contribution in [3.63, 3.8) is 0 Å². The SMILES string of the molecule is CCOC(=O)c1ccccc1NC(C)C1CCN(C)CC1. The molecular weight excluding hydrogens is 264 g/mol. The third-order valence-electron chi connectivity index (χ3n) is 4.28. The molecule has 4 heteroatoms. The molecule has 1 aliphatic rings. The minimum atomic E-state index is -0.254. The Labute approximate surface area is 127 Å². The van der Waals surface area contributed by atoms with E-state index in [2.05, 4.69) is 24.2 Å². The third-order valence-corrected chi connectivity index (χ3v) is 4.28. The topological polar surface area (TPSA) is 41.6 Å². The second-order valence-electron chi connectivity index (χ2n) is 5.84.